The molecular formula is C15H22N2O3. The van der Waals surface area contributed by atoms with Crippen LogP contribution >= 0.6 is 0 Å². The molecule has 0 unspecified atom stereocenters. The van der Waals surface area contributed by atoms with E-state index in [1.165, 1.54) is 0 Å². The van der Waals surface area contributed by atoms with Crippen LogP contribution in [0.5, 0.6) is 0 Å². The Kier molecular flexibility index (Phi) is 5.55. The topological polar surface area (TPSA) is 78.4 Å². The highest BCUT2D eigenvalue weighted by Crippen LogP contribution is 2.13. The first-order valence-corrected chi connectivity index (χ1v) is 6.66. The minimum Gasteiger partial charge on any atom is -0.480 e. The Morgan fingerprint density at radius 1 is 1.15 bits per heavy atom. The Hall–Kier alpha value is -2.04. The molecule has 0 bridgehead atoms. The maximum atomic E-state index is 11.8. The molecule has 0 saturated carbocycles. The SMILES string of the molecule is Cc1cc(C)cc(NC(=O)N[C@H](CC(C)C)C(=O)O)c1. The zero-order valence-electron chi connectivity index (χ0n) is 12.4. The van der Waals surface area contributed by atoms with Gasteiger partial charge in [0.05, 0.1) is 0 Å². The van der Waals surface area contributed by atoms with E-state index in [1.807, 2.05) is 45.9 Å². The second-order valence-electron chi connectivity index (χ2n) is 5.50. The van der Waals surface area contributed by atoms with Gasteiger partial charge in [-0.15, -0.1) is 0 Å². The van der Waals surface area contributed by atoms with Gasteiger partial charge in [0.2, 0.25) is 0 Å². The number of hydrogen-bond acceptors (Lipinski definition) is 2. The number of carbonyl (C=O) groups excluding carboxylic acids is 1. The Morgan fingerprint density at radius 3 is 2.15 bits per heavy atom. The molecule has 0 spiro atoms. The van der Waals surface area contributed by atoms with Gasteiger partial charge in [-0.05, 0) is 49.4 Å². The number of aliphatic carboxylic acids is 1. The number of hydrogen-bond donors (Lipinski definition) is 3. The van der Waals surface area contributed by atoms with Crippen molar-refractivity contribution >= 4 is 17.7 Å². The van der Waals surface area contributed by atoms with E-state index in [0.717, 1.165) is 11.1 Å². The molecule has 0 fully saturated rings. The smallest absolute Gasteiger partial charge is 0.326 e. The van der Waals surface area contributed by atoms with Crippen LogP contribution in [0.4, 0.5) is 10.5 Å². The minimum absolute atomic E-state index is 0.192. The zero-order chi connectivity index (χ0) is 15.3. The van der Waals surface area contributed by atoms with E-state index in [0.29, 0.717) is 12.1 Å². The molecule has 1 atom stereocenters. The first kappa shape index (κ1) is 16.0. The van der Waals surface area contributed by atoms with Crippen LogP contribution in [0, 0.1) is 19.8 Å². The van der Waals surface area contributed by atoms with Crippen molar-refractivity contribution in [3.63, 3.8) is 0 Å². The first-order chi connectivity index (χ1) is 9.27. The maximum absolute atomic E-state index is 11.8. The number of nitrogens with one attached hydrogen (secondary N) is 2. The van der Waals surface area contributed by atoms with E-state index < -0.39 is 18.0 Å². The molecule has 0 aromatic heterocycles. The Labute approximate surface area is 119 Å². The van der Waals surface area contributed by atoms with E-state index in [1.54, 1.807) is 0 Å². The molecule has 0 saturated heterocycles. The fraction of sp³-hybridized carbons (Fsp3) is 0.467. The number of carbonyl (C=O) groups is 2. The maximum Gasteiger partial charge on any atom is 0.326 e. The number of carboxylic acids is 1. The van der Waals surface area contributed by atoms with Crippen LogP contribution in [0.25, 0.3) is 0 Å². The van der Waals surface area contributed by atoms with Crippen molar-refractivity contribution in [2.24, 2.45) is 5.92 Å². The Bertz CT molecular complexity index is 478. The van der Waals surface area contributed by atoms with Crippen LogP contribution in [0.3, 0.4) is 0 Å². The lowest BCUT2D eigenvalue weighted by Gasteiger charge is -2.17. The second-order valence-corrected chi connectivity index (χ2v) is 5.50. The van der Waals surface area contributed by atoms with Crippen molar-refractivity contribution in [1.82, 2.24) is 5.32 Å². The third-order valence-electron chi connectivity index (χ3n) is 2.79. The monoisotopic (exact) mass is 278 g/mol. The molecule has 0 aliphatic rings. The average Bonchev–Trinajstić information content (AvgIpc) is 2.25. The molecule has 0 heterocycles. The van der Waals surface area contributed by atoms with Crippen molar-refractivity contribution in [2.75, 3.05) is 5.32 Å². The number of carboxylic acid groups (broad SMARTS) is 1. The summed E-state index contributed by atoms with van der Waals surface area (Å²) >= 11 is 0. The molecule has 1 rings (SSSR count). The van der Waals surface area contributed by atoms with Crippen LogP contribution in [0.1, 0.15) is 31.4 Å². The van der Waals surface area contributed by atoms with Gasteiger partial charge in [0.1, 0.15) is 6.04 Å². The van der Waals surface area contributed by atoms with Crippen molar-refractivity contribution in [3.8, 4) is 0 Å². The van der Waals surface area contributed by atoms with Gasteiger partial charge in [0, 0.05) is 5.69 Å². The Morgan fingerprint density at radius 2 is 1.70 bits per heavy atom. The normalized spacial score (nSPS) is 12.1. The summed E-state index contributed by atoms with van der Waals surface area (Å²) in [4.78, 5) is 22.9. The molecule has 1 aromatic rings. The third-order valence-corrected chi connectivity index (χ3v) is 2.79. The molecule has 0 aliphatic carbocycles. The number of amides is 2. The van der Waals surface area contributed by atoms with Gasteiger partial charge in [0.15, 0.2) is 0 Å². The molecule has 3 N–H and O–H groups in total. The quantitative estimate of drug-likeness (QED) is 0.775. The lowest BCUT2D eigenvalue weighted by atomic mass is 10.0. The average molecular weight is 278 g/mol. The summed E-state index contributed by atoms with van der Waals surface area (Å²) in [5.74, 6) is -0.827. The zero-order valence-corrected chi connectivity index (χ0v) is 12.4. The van der Waals surface area contributed by atoms with E-state index in [9.17, 15) is 9.59 Å². The number of aryl methyl sites for hydroxylation is 2. The van der Waals surface area contributed by atoms with E-state index in [4.69, 9.17) is 5.11 Å². The van der Waals surface area contributed by atoms with Crippen molar-refractivity contribution in [1.29, 1.82) is 0 Å². The molecule has 110 valence electrons. The minimum atomic E-state index is -1.02. The summed E-state index contributed by atoms with van der Waals surface area (Å²) in [5.41, 5.74) is 2.74. The summed E-state index contributed by atoms with van der Waals surface area (Å²) in [7, 11) is 0. The molecule has 20 heavy (non-hydrogen) atoms. The highest BCUT2D eigenvalue weighted by molar-refractivity contribution is 5.92. The number of rotatable bonds is 5. The number of benzene rings is 1. The van der Waals surface area contributed by atoms with Crippen LogP contribution in [-0.4, -0.2) is 23.1 Å². The van der Waals surface area contributed by atoms with Gasteiger partial charge in [0.25, 0.3) is 0 Å². The summed E-state index contributed by atoms with van der Waals surface area (Å²) in [6.07, 6.45) is 0.398. The standard InChI is InChI=1S/C15H22N2O3/c1-9(2)5-13(14(18)19)17-15(20)16-12-7-10(3)6-11(4)8-12/h6-9,13H,5H2,1-4H3,(H,18,19)(H2,16,17,20)/t13-/m1/s1. The van der Waals surface area contributed by atoms with Gasteiger partial charge in [-0.3, -0.25) is 0 Å². The van der Waals surface area contributed by atoms with Crippen LogP contribution < -0.4 is 10.6 Å². The fourth-order valence-corrected chi connectivity index (χ4v) is 2.07. The molecule has 2 amide bonds. The molecule has 0 radical (unpaired) electrons. The molecule has 0 aliphatic heterocycles. The summed E-state index contributed by atoms with van der Waals surface area (Å²) in [6.45, 7) is 7.71. The van der Waals surface area contributed by atoms with Crippen LogP contribution in [0.2, 0.25) is 0 Å². The second kappa shape index (κ2) is 6.93. The van der Waals surface area contributed by atoms with E-state index >= 15 is 0 Å². The molecular weight excluding hydrogens is 256 g/mol. The highest BCUT2D eigenvalue weighted by Gasteiger charge is 2.20. The predicted molar refractivity (Wildman–Crippen MR) is 78.9 cm³/mol. The van der Waals surface area contributed by atoms with Gasteiger partial charge in [-0.1, -0.05) is 19.9 Å². The summed E-state index contributed by atoms with van der Waals surface area (Å²) < 4.78 is 0. The Balaban J connectivity index is 2.68. The summed E-state index contributed by atoms with van der Waals surface area (Å²) in [5, 5.41) is 14.2. The largest absolute Gasteiger partial charge is 0.480 e. The lowest BCUT2D eigenvalue weighted by molar-refractivity contribution is -0.139. The van der Waals surface area contributed by atoms with Gasteiger partial charge in [-0.2, -0.15) is 0 Å². The molecule has 1 aromatic carbocycles. The molecule has 5 nitrogen and oxygen atoms in total. The highest BCUT2D eigenvalue weighted by atomic mass is 16.4. The van der Waals surface area contributed by atoms with Crippen LogP contribution in [0.15, 0.2) is 18.2 Å². The van der Waals surface area contributed by atoms with Gasteiger partial charge < -0.3 is 15.7 Å². The van der Waals surface area contributed by atoms with Crippen LogP contribution in [-0.2, 0) is 4.79 Å². The summed E-state index contributed by atoms with van der Waals surface area (Å²) in [6, 6.07) is 4.31. The van der Waals surface area contributed by atoms with Crippen molar-refractivity contribution < 1.29 is 14.7 Å². The fourth-order valence-electron chi connectivity index (χ4n) is 2.07. The van der Waals surface area contributed by atoms with Gasteiger partial charge >= 0.3 is 12.0 Å². The van der Waals surface area contributed by atoms with E-state index in [-0.39, 0.29) is 5.92 Å². The number of urea groups is 1. The first-order valence-electron chi connectivity index (χ1n) is 6.66. The van der Waals surface area contributed by atoms with E-state index in [2.05, 4.69) is 10.6 Å². The lowest BCUT2D eigenvalue weighted by Crippen LogP contribution is -2.43. The molecule has 5 heteroatoms. The van der Waals surface area contributed by atoms with Crippen molar-refractivity contribution in [2.45, 2.75) is 40.2 Å². The third kappa shape index (κ3) is 5.30. The predicted octanol–water partition coefficient (Wildman–Crippen LogP) is 2.92. The van der Waals surface area contributed by atoms with Crippen molar-refractivity contribution in [3.05, 3.63) is 29.3 Å². The van der Waals surface area contributed by atoms with Gasteiger partial charge in [-0.25, -0.2) is 9.59 Å². The number of anilines is 1.